The molecular formula is C20H19FN2O2S. The summed E-state index contributed by atoms with van der Waals surface area (Å²) in [6.07, 6.45) is 4.02. The zero-order chi connectivity index (χ0) is 17.9. The van der Waals surface area contributed by atoms with Crippen LogP contribution in [0.25, 0.3) is 11.3 Å². The molecule has 1 amide bonds. The molecule has 0 saturated carbocycles. The van der Waals surface area contributed by atoms with E-state index in [0.29, 0.717) is 5.76 Å². The van der Waals surface area contributed by atoms with Crippen LogP contribution in [0.5, 0.6) is 0 Å². The van der Waals surface area contributed by atoms with Crippen LogP contribution in [0.3, 0.4) is 0 Å². The van der Waals surface area contributed by atoms with Crippen LogP contribution in [0.15, 0.2) is 52.4 Å². The van der Waals surface area contributed by atoms with Gasteiger partial charge in [-0.25, -0.2) is 4.39 Å². The van der Waals surface area contributed by atoms with Crippen molar-refractivity contribution in [1.29, 1.82) is 0 Å². The van der Waals surface area contributed by atoms with Gasteiger partial charge in [0, 0.05) is 18.2 Å². The predicted molar refractivity (Wildman–Crippen MR) is 98.5 cm³/mol. The fraction of sp³-hybridized carbons (Fsp3) is 0.300. The second kappa shape index (κ2) is 7.41. The molecule has 1 fully saturated rings. The van der Waals surface area contributed by atoms with Gasteiger partial charge in [0.15, 0.2) is 5.76 Å². The lowest BCUT2D eigenvalue weighted by molar-refractivity contribution is 0.0679. The van der Waals surface area contributed by atoms with Crippen LogP contribution in [0.4, 0.5) is 4.39 Å². The van der Waals surface area contributed by atoms with Gasteiger partial charge < -0.3 is 9.42 Å². The summed E-state index contributed by atoms with van der Waals surface area (Å²) in [5.74, 6) is 0.357. The Hall–Kier alpha value is -2.47. The summed E-state index contributed by atoms with van der Waals surface area (Å²) in [6, 6.07) is 11.7. The molecule has 1 unspecified atom stereocenters. The van der Waals surface area contributed by atoms with Crippen molar-refractivity contribution in [3.63, 3.8) is 0 Å². The number of benzene rings is 1. The molecule has 0 spiro atoms. The van der Waals surface area contributed by atoms with Crippen LogP contribution in [-0.4, -0.2) is 22.5 Å². The van der Waals surface area contributed by atoms with Crippen LogP contribution in [0.1, 0.15) is 47.1 Å². The van der Waals surface area contributed by atoms with Crippen molar-refractivity contribution in [2.24, 2.45) is 0 Å². The molecule has 0 bridgehead atoms. The van der Waals surface area contributed by atoms with Gasteiger partial charge in [0.2, 0.25) is 0 Å². The van der Waals surface area contributed by atoms with E-state index in [1.807, 2.05) is 28.5 Å². The predicted octanol–water partition coefficient (Wildman–Crippen LogP) is 5.30. The molecule has 3 heterocycles. The number of carbonyl (C=O) groups excluding carboxylic acids is 1. The van der Waals surface area contributed by atoms with Gasteiger partial charge in [-0.2, -0.15) is 0 Å². The summed E-state index contributed by atoms with van der Waals surface area (Å²) in [5, 5.41) is 6.15. The number of carbonyl (C=O) groups is 1. The van der Waals surface area contributed by atoms with E-state index in [0.717, 1.165) is 48.4 Å². The Morgan fingerprint density at radius 3 is 2.81 bits per heavy atom. The van der Waals surface area contributed by atoms with Crippen molar-refractivity contribution in [1.82, 2.24) is 10.1 Å². The van der Waals surface area contributed by atoms with E-state index < -0.39 is 0 Å². The molecule has 1 aromatic carbocycles. The number of aromatic nitrogens is 1. The molecular weight excluding hydrogens is 351 g/mol. The summed E-state index contributed by atoms with van der Waals surface area (Å²) in [5.41, 5.74) is 1.53. The quantitative estimate of drug-likeness (QED) is 0.628. The molecule has 1 aliphatic heterocycles. The number of hydrogen-bond acceptors (Lipinski definition) is 4. The fourth-order valence-electron chi connectivity index (χ4n) is 3.40. The topological polar surface area (TPSA) is 46.3 Å². The van der Waals surface area contributed by atoms with Crippen LogP contribution in [-0.2, 0) is 0 Å². The van der Waals surface area contributed by atoms with Gasteiger partial charge in [0.05, 0.1) is 10.9 Å². The molecule has 1 atom stereocenters. The third-order valence-electron chi connectivity index (χ3n) is 4.74. The summed E-state index contributed by atoms with van der Waals surface area (Å²) >= 11 is 1.46. The number of hydrogen-bond donors (Lipinski definition) is 0. The van der Waals surface area contributed by atoms with E-state index in [1.54, 1.807) is 12.1 Å². The molecule has 1 aliphatic rings. The van der Waals surface area contributed by atoms with Crippen LogP contribution < -0.4 is 0 Å². The molecule has 0 radical (unpaired) electrons. The lowest BCUT2D eigenvalue weighted by Crippen LogP contribution is -2.34. The maximum absolute atomic E-state index is 13.1. The molecule has 6 heteroatoms. The summed E-state index contributed by atoms with van der Waals surface area (Å²) in [6.45, 7) is 0.722. The highest BCUT2D eigenvalue weighted by molar-refractivity contribution is 7.12. The minimum Gasteiger partial charge on any atom is -0.356 e. The van der Waals surface area contributed by atoms with Crippen molar-refractivity contribution >= 4 is 17.2 Å². The number of amides is 1. The van der Waals surface area contributed by atoms with E-state index in [1.165, 1.54) is 23.5 Å². The first-order chi connectivity index (χ1) is 12.7. The number of thiophene rings is 1. The Morgan fingerprint density at radius 1 is 1.19 bits per heavy atom. The highest BCUT2D eigenvalue weighted by Crippen LogP contribution is 2.33. The average Bonchev–Trinajstić information content (AvgIpc) is 3.30. The van der Waals surface area contributed by atoms with E-state index in [2.05, 4.69) is 5.16 Å². The van der Waals surface area contributed by atoms with Crippen molar-refractivity contribution in [3.8, 4) is 11.3 Å². The molecule has 0 aliphatic carbocycles. The third kappa shape index (κ3) is 3.42. The second-order valence-electron chi connectivity index (χ2n) is 6.46. The van der Waals surface area contributed by atoms with E-state index in [4.69, 9.17) is 4.52 Å². The minimum absolute atomic E-state index is 0.0539. The van der Waals surface area contributed by atoms with Gasteiger partial charge in [-0.05, 0) is 48.6 Å². The summed E-state index contributed by atoms with van der Waals surface area (Å²) in [7, 11) is 0. The van der Waals surface area contributed by atoms with Crippen molar-refractivity contribution < 1.29 is 13.7 Å². The number of halogens is 1. The fourth-order valence-corrected chi connectivity index (χ4v) is 4.08. The largest absolute Gasteiger partial charge is 0.356 e. The lowest BCUT2D eigenvalue weighted by atomic mass is 10.0. The number of rotatable bonds is 3. The molecule has 4 rings (SSSR count). The Morgan fingerprint density at radius 2 is 2.04 bits per heavy atom. The molecule has 4 nitrogen and oxygen atoms in total. The van der Waals surface area contributed by atoms with Gasteiger partial charge in [-0.1, -0.05) is 24.1 Å². The normalized spacial score (nSPS) is 17.9. The summed E-state index contributed by atoms with van der Waals surface area (Å²) < 4.78 is 18.6. The molecule has 1 saturated heterocycles. The SMILES string of the molecule is O=C(c1cccs1)N1CCCCCC1c1cc(-c2ccc(F)cc2)on1. The highest BCUT2D eigenvalue weighted by Gasteiger charge is 2.30. The van der Waals surface area contributed by atoms with E-state index >= 15 is 0 Å². The minimum atomic E-state index is -0.287. The monoisotopic (exact) mass is 370 g/mol. The smallest absolute Gasteiger partial charge is 0.264 e. The van der Waals surface area contributed by atoms with Crippen LogP contribution in [0, 0.1) is 5.82 Å². The van der Waals surface area contributed by atoms with Gasteiger partial charge in [0.25, 0.3) is 5.91 Å². The first-order valence-corrected chi connectivity index (χ1v) is 9.67. The van der Waals surface area contributed by atoms with Crippen LogP contribution >= 0.6 is 11.3 Å². The summed E-state index contributed by atoms with van der Waals surface area (Å²) in [4.78, 5) is 15.6. The zero-order valence-corrected chi connectivity index (χ0v) is 15.0. The van der Waals surface area contributed by atoms with Crippen molar-refractivity contribution in [2.45, 2.75) is 31.7 Å². The van der Waals surface area contributed by atoms with E-state index in [9.17, 15) is 9.18 Å². The average molecular weight is 370 g/mol. The molecule has 134 valence electrons. The molecule has 26 heavy (non-hydrogen) atoms. The zero-order valence-electron chi connectivity index (χ0n) is 14.2. The molecule has 0 N–H and O–H groups in total. The third-order valence-corrected chi connectivity index (χ3v) is 5.60. The number of likely N-dealkylation sites (tertiary alicyclic amines) is 1. The Labute approximate surface area is 155 Å². The first kappa shape index (κ1) is 17.0. The second-order valence-corrected chi connectivity index (χ2v) is 7.41. The highest BCUT2D eigenvalue weighted by atomic mass is 32.1. The lowest BCUT2D eigenvalue weighted by Gasteiger charge is -2.28. The van der Waals surface area contributed by atoms with Gasteiger partial charge in [-0.15, -0.1) is 11.3 Å². The van der Waals surface area contributed by atoms with Gasteiger partial charge in [0.1, 0.15) is 11.5 Å². The molecule has 3 aromatic rings. The van der Waals surface area contributed by atoms with Gasteiger partial charge in [-0.3, -0.25) is 4.79 Å². The van der Waals surface area contributed by atoms with Crippen molar-refractivity contribution in [3.05, 3.63) is 64.2 Å². The van der Waals surface area contributed by atoms with Crippen LogP contribution in [0.2, 0.25) is 0 Å². The maximum Gasteiger partial charge on any atom is 0.264 e. The molecule has 2 aromatic heterocycles. The number of nitrogens with zero attached hydrogens (tertiary/aromatic N) is 2. The maximum atomic E-state index is 13.1. The van der Waals surface area contributed by atoms with Gasteiger partial charge >= 0.3 is 0 Å². The Kier molecular flexibility index (Phi) is 4.84. The first-order valence-electron chi connectivity index (χ1n) is 8.79. The van der Waals surface area contributed by atoms with E-state index in [-0.39, 0.29) is 17.8 Å². The Bertz CT molecular complexity index is 874. The standard InChI is InChI=1S/C20H19FN2O2S/c21-15-9-7-14(8-10-15)18-13-16(22-25-18)17-5-2-1-3-11-23(17)20(24)19-6-4-12-26-19/h4,6-10,12-13,17H,1-3,5,11H2. The Balaban J connectivity index is 1.63. The van der Waals surface area contributed by atoms with Crippen molar-refractivity contribution in [2.75, 3.05) is 6.54 Å².